The molecule has 2 aliphatic heterocycles. The summed E-state index contributed by atoms with van der Waals surface area (Å²) in [5.74, 6) is 1.56. The molecule has 0 radical (unpaired) electrons. The molecule has 3 heterocycles. The number of fused-ring (bicyclic) bond motifs is 2. The molecule has 1 aromatic carbocycles. The van der Waals surface area contributed by atoms with Crippen molar-refractivity contribution in [3.63, 3.8) is 0 Å². The minimum absolute atomic E-state index is 0. The fourth-order valence-electron chi connectivity index (χ4n) is 3.35. The second kappa shape index (κ2) is 6.20. The van der Waals surface area contributed by atoms with Crippen molar-refractivity contribution in [3.8, 4) is 11.5 Å². The van der Waals surface area contributed by atoms with E-state index in [0.717, 1.165) is 36.7 Å². The van der Waals surface area contributed by atoms with Crippen LogP contribution in [0.1, 0.15) is 17.9 Å². The van der Waals surface area contributed by atoms with Crippen molar-refractivity contribution in [2.45, 2.75) is 32.0 Å². The summed E-state index contributed by atoms with van der Waals surface area (Å²) >= 11 is 6.04. The van der Waals surface area contributed by atoms with Crippen molar-refractivity contribution in [1.82, 2.24) is 15.2 Å². The molecule has 1 aromatic heterocycles. The number of hydrogen-bond donors (Lipinski definition) is 1. The average molecular weight is 340 g/mol. The smallest absolute Gasteiger partial charge is 0.226 e. The minimum atomic E-state index is 0. The van der Waals surface area contributed by atoms with Gasteiger partial charge in [0.05, 0.1) is 5.69 Å². The summed E-state index contributed by atoms with van der Waals surface area (Å²) in [6, 6.07) is 8.95. The first-order valence-electron chi connectivity index (χ1n) is 7.39. The van der Waals surface area contributed by atoms with E-state index < -0.39 is 0 Å². The predicted octanol–water partition coefficient (Wildman–Crippen LogP) is 3.27. The van der Waals surface area contributed by atoms with Gasteiger partial charge in [-0.15, -0.1) is 12.4 Å². The van der Waals surface area contributed by atoms with E-state index >= 15 is 0 Å². The molecule has 118 valence electrons. The van der Waals surface area contributed by atoms with Gasteiger partial charge >= 0.3 is 0 Å². The van der Waals surface area contributed by atoms with Crippen molar-refractivity contribution in [2.24, 2.45) is 0 Å². The summed E-state index contributed by atoms with van der Waals surface area (Å²) in [6.07, 6.45) is 1.26. The van der Waals surface area contributed by atoms with E-state index in [2.05, 4.69) is 15.2 Å². The third-order valence-electron chi connectivity index (χ3n) is 4.49. The Hall–Kier alpha value is -1.07. The third kappa shape index (κ3) is 2.88. The summed E-state index contributed by atoms with van der Waals surface area (Å²) in [6.45, 7) is 5.08. The van der Waals surface area contributed by atoms with Crippen molar-refractivity contribution in [2.75, 3.05) is 13.1 Å². The number of halogens is 2. The lowest BCUT2D eigenvalue weighted by atomic mass is 10.2. The highest BCUT2D eigenvalue weighted by molar-refractivity contribution is 6.30. The number of likely N-dealkylation sites (tertiary alicyclic amines) is 1. The summed E-state index contributed by atoms with van der Waals surface area (Å²) < 4.78 is 5.83. The Kier molecular flexibility index (Phi) is 4.46. The van der Waals surface area contributed by atoms with Crippen LogP contribution in [0.3, 0.4) is 0 Å². The molecule has 0 aliphatic carbocycles. The van der Waals surface area contributed by atoms with Crippen LogP contribution in [0.2, 0.25) is 5.02 Å². The molecule has 2 bridgehead atoms. The van der Waals surface area contributed by atoms with Crippen LogP contribution in [-0.2, 0) is 6.54 Å². The zero-order valence-electron chi connectivity index (χ0n) is 12.4. The van der Waals surface area contributed by atoms with Gasteiger partial charge in [0.2, 0.25) is 5.89 Å². The Morgan fingerprint density at radius 1 is 1.45 bits per heavy atom. The van der Waals surface area contributed by atoms with Gasteiger partial charge < -0.3 is 9.73 Å². The standard InChI is InChI=1S/C16H18ClN3O.ClH/c1-10-15(9-20-8-13-6-14(20)7-18-13)19-16(21-10)11-3-2-4-12(17)5-11;/h2-5,13-14,18H,6-9H2,1H3;1H/t13-,14-;/m0./s1. The third-order valence-corrected chi connectivity index (χ3v) is 4.72. The Morgan fingerprint density at radius 3 is 3.00 bits per heavy atom. The maximum atomic E-state index is 6.04. The van der Waals surface area contributed by atoms with E-state index in [1.165, 1.54) is 6.42 Å². The van der Waals surface area contributed by atoms with Crippen LogP contribution in [0.5, 0.6) is 0 Å². The molecule has 4 nitrogen and oxygen atoms in total. The van der Waals surface area contributed by atoms with E-state index in [1.54, 1.807) is 0 Å². The molecule has 2 aliphatic rings. The fourth-order valence-corrected chi connectivity index (χ4v) is 3.54. The zero-order valence-corrected chi connectivity index (χ0v) is 14.0. The quantitative estimate of drug-likeness (QED) is 0.931. The number of nitrogens with one attached hydrogen (secondary N) is 1. The second-order valence-corrected chi connectivity index (χ2v) is 6.39. The summed E-state index contributed by atoms with van der Waals surface area (Å²) in [5, 5.41) is 4.23. The van der Waals surface area contributed by atoms with Gasteiger partial charge in [-0.2, -0.15) is 0 Å². The second-order valence-electron chi connectivity index (χ2n) is 5.96. The fraction of sp³-hybridized carbons (Fsp3) is 0.438. The highest BCUT2D eigenvalue weighted by Gasteiger charge is 2.37. The molecule has 2 atom stereocenters. The van der Waals surface area contributed by atoms with Gasteiger partial charge in [-0.1, -0.05) is 17.7 Å². The van der Waals surface area contributed by atoms with Gasteiger partial charge in [0.1, 0.15) is 5.76 Å². The molecular formula is C16H19Cl2N3O. The van der Waals surface area contributed by atoms with Crippen molar-refractivity contribution < 1.29 is 4.42 Å². The molecule has 2 saturated heterocycles. The van der Waals surface area contributed by atoms with E-state index in [9.17, 15) is 0 Å². The SMILES string of the molecule is Cc1oc(-c2cccc(Cl)c2)nc1CN1C[C@@H]2C[C@H]1CN2.Cl. The highest BCUT2D eigenvalue weighted by atomic mass is 35.5. The van der Waals surface area contributed by atoms with Crippen LogP contribution in [0, 0.1) is 6.92 Å². The van der Waals surface area contributed by atoms with Crippen molar-refractivity contribution >= 4 is 24.0 Å². The Morgan fingerprint density at radius 2 is 2.32 bits per heavy atom. The minimum Gasteiger partial charge on any atom is -0.441 e. The largest absolute Gasteiger partial charge is 0.441 e. The first kappa shape index (κ1) is 15.8. The number of hydrogen-bond acceptors (Lipinski definition) is 4. The Bertz CT molecular complexity index is 673. The predicted molar refractivity (Wildman–Crippen MR) is 89.5 cm³/mol. The number of piperazine rings is 1. The molecule has 0 saturated carbocycles. The average Bonchev–Trinajstić information content (AvgIpc) is 3.16. The van der Waals surface area contributed by atoms with E-state index in [0.29, 0.717) is 23.0 Å². The van der Waals surface area contributed by atoms with Gasteiger partial charge in [0.15, 0.2) is 0 Å². The van der Waals surface area contributed by atoms with Gasteiger partial charge in [0, 0.05) is 42.3 Å². The summed E-state index contributed by atoms with van der Waals surface area (Å²) in [5.41, 5.74) is 1.97. The van der Waals surface area contributed by atoms with Gasteiger partial charge in [-0.05, 0) is 31.5 Å². The van der Waals surface area contributed by atoms with Gasteiger partial charge in [-0.25, -0.2) is 4.98 Å². The first-order valence-corrected chi connectivity index (χ1v) is 7.76. The molecule has 0 spiro atoms. The molecule has 6 heteroatoms. The van der Waals surface area contributed by atoms with Crippen molar-refractivity contribution in [1.29, 1.82) is 0 Å². The lowest BCUT2D eigenvalue weighted by Crippen LogP contribution is -2.43. The number of oxazole rings is 1. The van der Waals surface area contributed by atoms with Crippen LogP contribution in [0.15, 0.2) is 28.7 Å². The number of aryl methyl sites for hydroxylation is 1. The molecule has 0 unspecified atom stereocenters. The number of benzene rings is 1. The number of nitrogens with zero attached hydrogens (tertiary/aromatic N) is 2. The molecule has 2 fully saturated rings. The maximum absolute atomic E-state index is 6.04. The van der Waals surface area contributed by atoms with Crippen molar-refractivity contribution in [3.05, 3.63) is 40.7 Å². The zero-order chi connectivity index (χ0) is 14.4. The van der Waals surface area contributed by atoms with Crippen LogP contribution >= 0.6 is 24.0 Å². The lowest BCUT2D eigenvalue weighted by Gasteiger charge is -2.26. The van der Waals surface area contributed by atoms with Crippen LogP contribution in [-0.4, -0.2) is 35.1 Å². The van der Waals surface area contributed by atoms with E-state index in [4.69, 9.17) is 16.0 Å². The molecule has 4 rings (SSSR count). The Labute approximate surface area is 141 Å². The molecule has 1 N–H and O–H groups in total. The normalized spacial score (nSPS) is 23.7. The van der Waals surface area contributed by atoms with Gasteiger partial charge in [0.25, 0.3) is 0 Å². The van der Waals surface area contributed by atoms with Gasteiger partial charge in [-0.3, -0.25) is 4.90 Å². The monoisotopic (exact) mass is 339 g/mol. The Balaban J connectivity index is 0.00000144. The summed E-state index contributed by atoms with van der Waals surface area (Å²) in [7, 11) is 0. The number of aromatic nitrogens is 1. The maximum Gasteiger partial charge on any atom is 0.226 e. The molecular weight excluding hydrogens is 321 g/mol. The molecule has 0 amide bonds. The molecule has 2 aromatic rings. The molecule has 22 heavy (non-hydrogen) atoms. The topological polar surface area (TPSA) is 41.3 Å². The van der Waals surface area contributed by atoms with E-state index in [1.807, 2.05) is 31.2 Å². The first-order chi connectivity index (χ1) is 10.2. The number of rotatable bonds is 3. The van der Waals surface area contributed by atoms with Crippen LogP contribution in [0.4, 0.5) is 0 Å². The highest BCUT2D eigenvalue weighted by Crippen LogP contribution is 2.28. The lowest BCUT2D eigenvalue weighted by molar-refractivity contribution is 0.214. The van der Waals surface area contributed by atoms with Crippen LogP contribution < -0.4 is 5.32 Å². The van der Waals surface area contributed by atoms with E-state index in [-0.39, 0.29) is 12.4 Å². The van der Waals surface area contributed by atoms with Crippen LogP contribution in [0.25, 0.3) is 11.5 Å². The summed E-state index contributed by atoms with van der Waals surface area (Å²) in [4.78, 5) is 7.19.